The Labute approximate surface area is 167 Å². The van der Waals surface area contributed by atoms with Gasteiger partial charge in [-0.25, -0.2) is 17.9 Å². The van der Waals surface area contributed by atoms with Crippen molar-refractivity contribution in [2.24, 2.45) is 5.92 Å². The summed E-state index contributed by atoms with van der Waals surface area (Å²) in [6, 6.07) is 5.69. The van der Waals surface area contributed by atoms with Crippen LogP contribution in [0.15, 0.2) is 29.2 Å². The lowest BCUT2D eigenvalue weighted by molar-refractivity contribution is -0.125. The molecule has 0 aliphatic heterocycles. The van der Waals surface area contributed by atoms with Crippen molar-refractivity contribution in [1.29, 1.82) is 0 Å². The maximum absolute atomic E-state index is 12.4. The Balaban J connectivity index is 1.96. The van der Waals surface area contributed by atoms with Crippen molar-refractivity contribution < 1.29 is 22.7 Å². The molecule has 0 aromatic heterocycles. The van der Waals surface area contributed by atoms with E-state index >= 15 is 0 Å². The molecule has 0 heterocycles. The zero-order valence-electron chi connectivity index (χ0n) is 16.9. The summed E-state index contributed by atoms with van der Waals surface area (Å²) in [4.78, 5) is 24.3. The Kier molecular flexibility index (Phi) is 7.22. The summed E-state index contributed by atoms with van der Waals surface area (Å²) in [6.07, 6.45) is 4.26. The Bertz CT molecular complexity index is 814. The van der Waals surface area contributed by atoms with Gasteiger partial charge in [0, 0.05) is 11.6 Å². The van der Waals surface area contributed by atoms with Gasteiger partial charge in [0.05, 0.1) is 10.5 Å². The molecule has 1 aliphatic rings. The van der Waals surface area contributed by atoms with E-state index in [1.165, 1.54) is 30.7 Å². The van der Waals surface area contributed by atoms with Crippen LogP contribution < -0.4 is 10.0 Å². The van der Waals surface area contributed by atoms with E-state index in [1.54, 1.807) is 20.8 Å². The highest BCUT2D eigenvalue weighted by atomic mass is 32.2. The van der Waals surface area contributed by atoms with Gasteiger partial charge in [-0.05, 0) is 57.7 Å². The van der Waals surface area contributed by atoms with Crippen LogP contribution in [-0.4, -0.2) is 38.5 Å². The number of rotatable bonds is 6. The van der Waals surface area contributed by atoms with Gasteiger partial charge in [0.1, 0.15) is 0 Å². The largest absolute Gasteiger partial charge is 0.452 e. The highest BCUT2D eigenvalue weighted by molar-refractivity contribution is 7.89. The van der Waals surface area contributed by atoms with Crippen LogP contribution in [0.1, 0.15) is 63.7 Å². The van der Waals surface area contributed by atoms with Crippen molar-refractivity contribution >= 4 is 21.9 Å². The van der Waals surface area contributed by atoms with Gasteiger partial charge in [-0.3, -0.25) is 4.79 Å². The van der Waals surface area contributed by atoms with Crippen LogP contribution >= 0.6 is 0 Å². The number of ether oxygens (including phenoxy) is 1. The predicted molar refractivity (Wildman–Crippen MR) is 106 cm³/mol. The summed E-state index contributed by atoms with van der Waals surface area (Å²) >= 11 is 0. The van der Waals surface area contributed by atoms with Gasteiger partial charge in [-0.1, -0.05) is 25.8 Å². The molecule has 0 radical (unpaired) electrons. The van der Waals surface area contributed by atoms with Crippen LogP contribution in [0, 0.1) is 5.92 Å². The minimum Gasteiger partial charge on any atom is -0.452 e. The molecule has 7 nitrogen and oxygen atoms in total. The summed E-state index contributed by atoms with van der Waals surface area (Å²) in [7, 11) is -3.77. The number of amides is 1. The summed E-state index contributed by atoms with van der Waals surface area (Å²) in [5, 5.41) is 2.91. The maximum Gasteiger partial charge on any atom is 0.338 e. The highest BCUT2D eigenvalue weighted by Crippen LogP contribution is 2.23. The zero-order chi connectivity index (χ0) is 20.9. The SMILES string of the molecule is C[C@H]1CCCC[C@H]1NC(=O)COC(=O)c1cccc(S(=O)(=O)NC(C)(C)C)c1. The topological polar surface area (TPSA) is 102 Å². The van der Waals surface area contributed by atoms with Crippen molar-refractivity contribution in [3.05, 3.63) is 29.8 Å². The van der Waals surface area contributed by atoms with E-state index in [1.807, 2.05) is 0 Å². The molecule has 1 fully saturated rings. The summed E-state index contributed by atoms with van der Waals surface area (Å²) in [6.45, 7) is 6.91. The number of nitrogens with one attached hydrogen (secondary N) is 2. The number of carbonyl (C=O) groups excluding carboxylic acids is 2. The second-order valence-corrected chi connectivity index (χ2v) is 10.1. The van der Waals surface area contributed by atoms with Crippen LogP contribution in [0.5, 0.6) is 0 Å². The van der Waals surface area contributed by atoms with Gasteiger partial charge in [-0.15, -0.1) is 0 Å². The average Bonchev–Trinajstić information content (AvgIpc) is 2.60. The lowest BCUT2D eigenvalue weighted by atomic mass is 9.86. The molecular weight excluding hydrogens is 380 g/mol. The van der Waals surface area contributed by atoms with Gasteiger partial charge >= 0.3 is 5.97 Å². The lowest BCUT2D eigenvalue weighted by Crippen LogP contribution is -2.42. The van der Waals surface area contributed by atoms with Crippen LogP contribution in [0.3, 0.4) is 0 Å². The first-order valence-electron chi connectivity index (χ1n) is 9.58. The Morgan fingerprint density at radius 3 is 2.50 bits per heavy atom. The molecule has 0 unspecified atom stereocenters. The molecule has 0 saturated heterocycles. The van der Waals surface area contributed by atoms with E-state index < -0.39 is 21.5 Å². The molecule has 2 atom stereocenters. The van der Waals surface area contributed by atoms with Gasteiger partial charge in [0.15, 0.2) is 6.61 Å². The first-order valence-corrected chi connectivity index (χ1v) is 11.1. The Morgan fingerprint density at radius 2 is 1.86 bits per heavy atom. The van der Waals surface area contributed by atoms with E-state index in [-0.39, 0.29) is 29.0 Å². The van der Waals surface area contributed by atoms with E-state index in [9.17, 15) is 18.0 Å². The third-order valence-electron chi connectivity index (χ3n) is 4.61. The molecule has 0 spiro atoms. The van der Waals surface area contributed by atoms with Crippen LogP contribution in [-0.2, 0) is 19.6 Å². The molecule has 2 rings (SSSR count). The number of hydrogen-bond acceptors (Lipinski definition) is 5. The number of hydrogen-bond donors (Lipinski definition) is 2. The molecule has 1 amide bonds. The normalized spacial score (nSPS) is 20.4. The fraction of sp³-hybridized carbons (Fsp3) is 0.600. The first kappa shape index (κ1) is 22.4. The molecule has 2 N–H and O–H groups in total. The molecule has 8 heteroatoms. The smallest absolute Gasteiger partial charge is 0.338 e. The second-order valence-electron chi connectivity index (χ2n) is 8.40. The number of carbonyl (C=O) groups is 2. The first-order chi connectivity index (χ1) is 13.0. The average molecular weight is 411 g/mol. The molecule has 1 aliphatic carbocycles. The van der Waals surface area contributed by atoms with Crippen molar-refractivity contribution in [3.63, 3.8) is 0 Å². The quantitative estimate of drug-likeness (QED) is 0.702. The summed E-state index contributed by atoms with van der Waals surface area (Å²) in [5.74, 6) is -0.671. The van der Waals surface area contributed by atoms with E-state index in [0.717, 1.165) is 19.3 Å². The zero-order valence-corrected chi connectivity index (χ0v) is 17.8. The molecule has 0 bridgehead atoms. The number of sulfonamides is 1. The summed E-state index contributed by atoms with van der Waals surface area (Å²) in [5.41, 5.74) is -0.570. The molecule has 156 valence electrons. The monoisotopic (exact) mass is 410 g/mol. The van der Waals surface area contributed by atoms with Crippen LogP contribution in [0.4, 0.5) is 0 Å². The van der Waals surface area contributed by atoms with Crippen molar-refractivity contribution in [2.75, 3.05) is 6.61 Å². The van der Waals surface area contributed by atoms with E-state index in [4.69, 9.17) is 4.74 Å². The number of benzene rings is 1. The lowest BCUT2D eigenvalue weighted by Gasteiger charge is -2.29. The van der Waals surface area contributed by atoms with Gasteiger partial charge < -0.3 is 10.1 Å². The fourth-order valence-corrected chi connectivity index (χ4v) is 4.71. The van der Waals surface area contributed by atoms with Crippen LogP contribution in [0.2, 0.25) is 0 Å². The van der Waals surface area contributed by atoms with Crippen molar-refractivity contribution in [3.8, 4) is 0 Å². The molecular formula is C20H30N2O5S. The third-order valence-corrected chi connectivity index (χ3v) is 6.37. The van der Waals surface area contributed by atoms with Gasteiger partial charge in [0.25, 0.3) is 5.91 Å². The molecule has 1 saturated carbocycles. The molecule has 1 aromatic rings. The summed E-state index contributed by atoms with van der Waals surface area (Å²) < 4.78 is 32.4. The van der Waals surface area contributed by atoms with Crippen molar-refractivity contribution in [1.82, 2.24) is 10.0 Å². The second kappa shape index (κ2) is 9.05. The highest BCUT2D eigenvalue weighted by Gasteiger charge is 2.25. The third kappa shape index (κ3) is 6.60. The van der Waals surface area contributed by atoms with Crippen LogP contribution in [0.25, 0.3) is 0 Å². The fourth-order valence-electron chi connectivity index (χ4n) is 3.25. The van der Waals surface area contributed by atoms with Crippen molar-refractivity contribution in [2.45, 2.75) is 69.9 Å². The minimum absolute atomic E-state index is 0.0302. The minimum atomic E-state index is -3.77. The predicted octanol–water partition coefficient (Wildman–Crippen LogP) is 2.62. The Morgan fingerprint density at radius 1 is 1.18 bits per heavy atom. The van der Waals surface area contributed by atoms with Gasteiger partial charge in [0.2, 0.25) is 10.0 Å². The standard InChI is InChI=1S/C20H30N2O5S/c1-14-8-5-6-11-17(14)21-18(23)13-27-19(24)15-9-7-10-16(12-15)28(25,26)22-20(2,3)4/h7,9-10,12,14,17,22H,5-6,8,11,13H2,1-4H3,(H,21,23)/t14-,17+/m0/s1. The Hall–Kier alpha value is -1.93. The molecule has 28 heavy (non-hydrogen) atoms. The molecule has 1 aromatic carbocycles. The van der Waals surface area contributed by atoms with Gasteiger partial charge in [-0.2, -0.15) is 0 Å². The van der Waals surface area contributed by atoms with E-state index in [2.05, 4.69) is 17.0 Å². The maximum atomic E-state index is 12.4. The van der Waals surface area contributed by atoms with E-state index in [0.29, 0.717) is 5.92 Å². The number of esters is 1.